The largest absolute Gasteiger partial charge is 0.351 e. The second-order valence-electron chi connectivity index (χ2n) is 4.75. The molecule has 0 spiro atoms. The summed E-state index contributed by atoms with van der Waals surface area (Å²) in [5.41, 5.74) is 0.754. The molecular formula is C12H18N4O3. The first-order chi connectivity index (χ1) is 9.08. The van der Waals surface area contributed by atoms with Crippen LogP contribution in [0.2, 0.25) is 0 Å². The van der Waals surface area contributed by atoms with Crippen molar-refractivity contribution >= 4 is 11.9 Å². The molecular weight excluding hydrogens is 248 g/mol. The van der Waals surface area contributed by atoms with Gasteiger partial charge in [0.25, 0.3) is 5.91 Å². The summed E-state index contributed by atoms with van der Waals surface area (Å²) in [4.78, 5) is 24.7. The third kappa shape index (κ3) is 3.24. The van der Waals surface area contributed by atoms with Gasteiger partial charge in [-0.15, -0.1) is 0 Å². The van der Waals surface area contributed by atoms with Crippen LogP contribution in [0.1, 0.15) is 36.0 Å². The van der Waals surface area contributed by atoms with Crippen LogP contribution in [0.3, 0.4) is 0 Å². The van der Waals surface area contributed by atoms with Crippen LogP contribution in [-0.4, -0.2) is 48.2 Å². The predicted octanol–water partition coefficient (Wildman–Crippen LogP) is 0.553. The molecule has 0 aromatic carbocycles. The van der Waals surface area contributed by atoms with Crippen molar-refractivity contribution in [1.29, 1.82) is 0 Å². The Hall–Kier alpha value is -2.05. The van der Waals surface area contributed by atoms with Crippen molar-refractivity contribution in [2.75, 3.05) is 26.2 Å². The molecule has 104 valence electrons. The minimum absolute atomic E-state index is 0.0870. The monoisotopic (exact) mass is 266 g/mol. The smallest absolute Gasteiger partial charge is 0.317 e. The normalized spacial score (nSPS) is 14.9. The van der Waals surface area contributed by atoms with Gasteiger partial charge in [-0.1, -0.05) is 19.0 Å². The van der Waals surface area contributed by atoms with E-state index in [1.165, 1.54) is 0 Å². The molecule has 1 fully saturated rings. The van der Waals surface area contributed by atoms with Crippen LogP contribution >= 0.6 is 0 Å². The van der Waals surface area contributed by atoms with Crippen molar-refractivity contribution in [1.82, 2.24) is 20.7 Å². The first-order valence-corrected chi connectivity index (χ1v) is 6.35. The van der Waals surface area contributed by atoms with Gasteiger partial charge in [-0.05, 0) is 5.92 Å². The fourth-order valence-electron chi connectivity index (χ4n) is 1.78. The van der Waals surface area contributed by atoms with E-state index in [1.807, 2.05) is 13.8 Å². The van der Waals surface area contributed by atoms with Crippen molar-refractivity contribution in [3.05, 3.63) is 17.5 Å². The molecule has 0 aliphatic carbocycles. The number of rotatable bonds is 5. The molecule has 0 saturated carbocycles. The summed E-state index contributed by atoms with van der Waals surface area (Å²) < 4.78 is 4.98. The van der Waals surface area contributed by atoms with E-state index < -0.39 is 0 Å². The zero-order valence-corrected chi connectivity index (χ0v) is 11.1. The number of aromatic nitrogens is 1. The number of hydrogen-bond acceptors (Lipinski definition) is 4. The SMILES string of the molecule is CC(C)c1cc(C(=O)NCCN2CCNC2=O)on1. The Bertz CT molecular complexity index is 469. The minimum atomic E-state index is -0.306. The lowest BCUT2D eigenvalue weighted by Crippen LogP contribution is -2.36. The highest BCUT2D eigenvalue weighted by molar-refractivity contribution is 5.91. The number of carbonyl (C=O) groups excluding carboxylic acids is 2. The average Bonchev–Trinajstić information content (AvgIpc) is 2.98. The molecule has 1 aromatic heterocycles. The van der Waals surface area contributed by atoms with Gasteiger partial charge in [-0.3, -0.25) is 4.79 Å². The van der Waals surface area contributed by atoms with E-state index in [0.29, 0.717) is 26.2 Å². The molecule has 7 heteroatoms. The maximum Gasteiger partial charge on any atom is 0.317 e. The Morgan fingerprint density at radius 1 is 1.63 bits per heavy atom. The second kappa shape index (κ2) is 5.73. The van der Waals surface area contributed by atoms with Gasteiger partial charge < -0.3 is 20.1 Å². The summed E-state index contributed by atoms with van der Waals surface area (Å²) in [7, 11) is 0. The molecule has 19 heavy (non-hydrogen) atoms. The summed E-state index contributed by atoms with van der Waals surface area (Å²) in [5.74, 6) is 0.118. The van der Waals surface area contributed by atoms with Crippen LogP contribution in [0.15, 0.2) is 10.6 Å². The minimum Gasteiger partial charge on any atom is -0.351 e. The number of carbonyl (C=O) groups is 2. The van der Waals surface area contributed by atoms with Gasteiger partial charge in [-0.25, -0.2) is 4.79 Å². The highest BCUT2D eigenvalue weighted by Gasteiger charge is 2.19. The van der Waals surface area contributed by atoms with Crippen LogP contribution in [0.5, 0.6) is 0 Å². The molecule has 2 rings (SSSR count). The van der Waals surface area contributed by atoms with E-state index in [4.69, 9.17) is 4.52 Å². The predicted molar refractivity (Wildman–Crippen MR) is 67.9 cm³/mol. The van der Waals surface area contributed by atoms with Gasteiger partial charge in [0.2, 0.25) is 5.76 Å². The number of urea groups is 1. The molecule has 0 radical (unpaired) electrons. The van der Waals surface area contributed by atoms with Gasteiger partial charge in [0.05, 0.1) is 5.69 Å². The number of hydrogen-bond donors (Lipinski definition) is 2. The summed E-state index contributed by atoms with van der Waals surface area (Å²) in [6.07, 6.45) is 0. The van der Waals surface area contributed by atoms with E-state index in [9.17, 15) is 9.59 Å². The van der Waals surface area contributed by atoms with E-state index >= 15 is 0 Å². The summed E-state index contributed by atoms with van der Waals surface area (Å²) in [5, 5.41) is 9.23. The van der Waals surface area contributed by atoms with Crippen molar-refractivity contribution in [3.63, 3.8) is 0 Å². The van der Waals surface area contributed by atoms with E-state index in [-0.39, 0.29) is 23.6 Å². The lowest BCUT2D eigenvalue weighted by Gasteiger charge is -2.13. The van der Waals surface area contributed by atoms with Gasteiger partial charge in [0.15, 0.2) is 0 Å². The quantitative estimate of drug-likeness (QED) is 0.815. The zero-order chi connectivity index (χ0) is 13.8. The number of amides is 3. The van der Waals surface area contributed by atoms with Crippen LogP contribution in [-0.2, 0) is 0 Å². The summed E-state index contributed by atoms with van der Waals surface area (Å²) in [6, 6.07) is 1.55. The molecule has 7 nitrogen and oxygen atoms in total. The van der Waals surface area contributed by atoms with Crippen molar-refractivity contribution < 1.29 is 14.1 Å². The van der Waals surface area contributed by atoms with Crippen molar-refractivity contribution in [2.24, 2.45) is 0 Å². The maximum absolute atomic E-state index is 11.8. The summed E-state index contributed by atoms with van der Waals surface area (Å²) >= 11 is 0. The molecule has 1 aliphatic rings. The molecule has 0 bridgehead atoms. The Labute approximate surface area is 111 Å². The molecule has 0 unspecified atom stereocenters. The molecule has 0 atom stereocenters. The number of nitrogens with zero attached hydrogens (tertiary/aromatic N) is 2. The first kappa shape index (κ1) is 13.4. The van der Waals surface area contributed by atoms with Gasteiger partial charge >= 0.3 is 6.03 Å². The van der Waals surface area contributed by atoms with Crippen molar-refractivity contribution in [2.45, 2.75) is 19.8 Å². The Balaban J connectivity index is 1.79. The van der Waals surface area contributed by atoms with Crippen molar-refractivity contribution in [3.8, 4) is 0 Å². The van der Waals surface area contributed by atoms with Gasteiger partial charge in [0.1, 0.15) is 0 Å². The molecule has 2 N–H and O–H groups in total. The highest BCUT2D eigenvalue weighted by atomic mass is 16.5. The fraction of sp³-hybridized carbons (Fsp3) is 0.583. The van der Waals surface area contributed by atoms with E-state index in [0.717, 1.165) is 5.69 Å². The van der Waals surface area contributed by atoms with Crippen LogP contribution in [0.4, 0.5) is 4.79 Å². The third-order valence-corrected chi connectivity index (χ3v) is 2.96. The molecule has 1 saturated heterocycles. The highest BCUT2D eigenvalue weighted by Crippen LogP contribution is 2.13. The Kier molecular flexibility index (Phi) is 4.03. The van der Waals surface area contributed by atoms with Gasteiger partial charge in [0, 0.05) is 32.2 Å². The first-order valence-electron chi connectivity index (χ1n) is 6.35. The van der Waals surface area contributed by atoms with Crippen LogP contribution in [0.25, 0.3) is 0 Å². The standard InChI is InChI=1S/C12H18N4O3/c1-8(2)9-7-10(19-15-9)11(17)13-3-5-16-6-4-14-12(16)18/h7-8H,3-6H2,1-2H3,(H,13,17)(H,14,18). The lowest BCUT2D eigenvalue weighted by atomic mass is 10.1. The fourth-order valence-corrected chi connectivity index (χ4v) is 1.78. The second-order valence-corrected chi connectivity index (χ2v) is 4.75. The van der Waals surface area contributed by atoms with Crippen LogP contribution in [0, 0.1) is 0 Å². The third-order valence-electron chi connectivity index (χ3n) is 2.96. The van der Waals surface area contributed by atoms with E-state index in [2.05, 4.69) is 15.8 Å². The van der Waals surface area contributed by atoms with E-state index in [1.54, 1.807) is 11.0 Å². The Morgan fingerprint density at radius 2 is 2.42 bits per heavy atom. The average molecular weight is 266 g/mol. The maximum atomic E-state index is 11.8. The topological polar surface area (TPSA) is 87.5 Å². The Morgan fingerprint density at radius 3 is 3.00 bits per heavy atom. The zero-order valence-electron chi connectivity index (χ0n) is 11.1. The van der Waals surface area contributed by atoms with Crippen LogP contribution < -0.4 is 10.6 Å². The lowest BCUT2D eigenvalue weighted by molar-refractivity contribution is 0.0913. The molecule has 2 heterocycles. The molecule has 1 aromatic rings. The number of nitrogens with one attached hydrogen (secondary N) is 2. The summed E-state index contributed by atoms with van der Waals surface area (Å²) in [6.45, 7) is 6.17. The molecule has 3 amide bonds. The van der Waals surface area contributed by atoms with Gasteiger partial charge in [-0.2, -0.15) is 0 Å². The molecule has 1 aliphatic heterocycles.